The third kappa shape index (κ3) is 3.23. The second kappa shape index (κ2) is 7.85. The lowest BCUT2D eigenvalue weighted by Gasteiger charge is -2.35. The van der Waals surface area contributed by atoms with Crippen molar-refractivity contribution in [2.45, 2.75) is 18.6 Å². The molecule has 2 aromatic carbocycles. The van der Waals surface area contributed by atoms with Crippen molar-refractivity contribution in [3.63, 3.8) is 0 Å². The highest BCUT2D eigenvalue weighted by atomic mass is 32.2. The molecular weight excluding hydrogens is 410 g/mol. The van der Waals surface area contributed by atoms with Gasteiger partial charge in [0.15, 0.2) is 21.5 Å². The van der Waals surface area contributed by atoms with Gasteiger partial charge in [-0.25, -0.2) is 4.99 Å². The molecular formula is C23H19N5O2S. The first-order valence-corrected chi connectivity index (χ1v) is 10.5. The summed E-state index contributed by atoms with van der Waals surface area (Å²) >= 11 is 0.908. The standard InChI is InChI=1S/C23H19N5O2S/c1-14(2)13-26-28-21(25)18(12-24)23(31-22(28)27-15-8-4-3-5-9-15)19(29)16-10-6-7-11-17(16)20(23)30/h3-11,13-14H,25H2,1-2H3/b26-13+,27-22?. The van der Waals surface area contributed by atoms with Gasteiger partial charge in [0, 0.05) is 17.3 Å². The van der Waals surface area contributed by atoms with E-state index in [9.17, 15) is 14.9 Å². The summed E-state index contributed by atoms with van der Waals surface area (Å²) in [7, 11) is 0. The van der Waals surface area contributed by atoms with E-state index in [1.54, 1.807) is 42.6 Å². The summed E-state index contributed by atoms with van der Waals surface area (Å²) in [5.74, 6) is -0.907. The first-order valence-electron chi connectivity index (χ1n) is 9.66. The van der Waals surface area contributed by atoms with Gasteiger partial charge in [0.05, 0.1) is 5.69 Å². The lowest BCUT2D eigenvalue weighted by Crippen LogP contribution is -2.49. The van der Waals surface area contributed by atoms with Crippen molar-refractivity contribution in [3.8, 4) is 6.07 Å². The van der Waals surface area contributed by atoms with E-state index in [-0.39, 0.29) is 33.6 Å². The smallest absolute Gasteiger partial charge is 0.193 e. The molecule has 0 bridgehead atoms. The molecule has 0 aromatic heterocycles. The number of para-hydroxylation sites is 1. The zero-order valence-corrected chi connectivity index (χ0v) is 17.8. The summed E-state index contributed by atoms with van der Waals surface area (Å²) in [4.78, 5) is 31.6. The molecule has 2 aliphatic rings. The van der Waals surface area contributed by atoms with Crippen LogP contribution in [0.25, 0.3) is 0 Å². The number of Topliss-reactive ketones (excluding diaryl/α,β-unsaturated/α-hetero) is 2. The van der Waals surface area contributed by atoms with Crippen LogP contribution in [0.1, 0.15) is 34.6 Å². The Balaban J connectivity index is 1.95. The van der Waals surface area contributed by atoms with Crippen LogP contribution in [0.3, 0.4) is 0 Å². The van der Waals surface area contributed by atoms with Gasteiger partial charge in [-0.15, -0.1) is 0 Å². The zero-order chi connectivity index (χ0) is 22.2. The van der Waals surface area contributed by atoms with Crippen LogP contribution in [0.15, 0.2) is 76.1 Å². The lowest BCUT2D eigenvalue weighted by atomic mass is 9.93. The molecule has 0 amide bonds. The largest absolute Gasteiger partial charge is 0.383 e. The fraction of sp³-hybridized carbons (Fsp3) is 0.174. The number of thioether (sulfide) groups is 1. The quantitative estimate of drug-likeness (QED) is 0.585. The number of amidine groups is 1. The van der Waals surface area contributed by atoms with E-state index >= 15 is 0 Å². The summed E-state index contributed by atoms with van der Waals surface area (Å²) in [5.41, 5.74) is 7.38. The van der Waals surface area contributed by atoms with Gasteiger partial charge in [-0.05, 0) is 18.1 Å². The van der Waals surface area contributed by atoms with Crippen LogP contribution in [-0.2, 0) is 0 Å². The maximum absolute atomic E-state index is 13.5. The predicted octanol–water partition coefficient (Wildman–Crippen LogP) is 3.88. The molecule has 7 nitrogen and oxygen atoms in total. The summed E-state index contributed by atoms with van der Waals surface area (Å²) in [6.07, 6.45) is 1.66. The normalized spacial score (nSPS) is 19.0. The Morgan fingerprint density at radius 1 is 1.06 bits per heavy atom. The van der Waals surface area contributed by atoms with Gasteiger partial charge < -0.3 is 5.73 Å². The van der Waals surface area contributed by atoms with Gasteiger partial charge in [-0.1, -0.05) is 68.1 Å². The van der Waals surface area contributed by atoms with Gasteiger partial charge in [0.2, 0.25) is 0 Å². The summed E-state index contributed by atoms with van der Waals surface area (Å²) < 4.78 is -1.81. The summed E-state index contributed by atoms with van der Waals surface area (Å²) in [6, 6.07) is 17.7. The number of hydrogen-bond acceptors (Lipinski definition) is 7. The number of hydrazone groups is 1. The first kappa shape index (κ1) is 20.6. The minimum Gasteiger partial charge on any atom is -0.383 e. The van der Waals surface area contributed by atoms with Gasteiger partial charge >= 0.3 is 0 Å². The fourth-order valence-electron chi connectivity index (χ4n) is 3.43. The van der Waals surface area contributed by atoms with Crippen molar-refractivity contribution >= 4 is 40.4 Å². The highest BCUT2D eigenvalue weighted by molar-refractivity contribution is 8.16. The molecule has 1 aliphatic carbocycles. The minimum atomic E-state index is -1.81. The van der Waals surface area contributed by atoms with Crippen LogP contribution in [-0.4, -0.2) is 32.7 Å². The molecule has 154 valence electrons. The minimum absolute atomic E-state index is 0.0812. The molecule has 0 saturated carbocycles. The Morgan fingerprint density at radius 3 is 2.19 bits per heavy atom. The SMILES string of the molecule is CC(C)/C=N/N1C(=Nc2ccccc2)SC2(C(=O)c3ccccc3C2=O)C(C#N)=C1N. The summed E-state index contributed by atoms with van der Waals surface area (Å²) in [5, 5.41) is 15.9. The highest BCUT2D eigenvalue weighted by Gasteiger charge is 2.61. The maximum Gasteiger partial charge on any atom is 0.193 e. The Bertz CT molecular complexity index is 1170. The second-order valence-electron chi connectivity index (χ2n) is 7.41. The Kier molecular flexibility index (Phi) is 5.21. The topological polar surface area (TPSA) is 112 Å². The van der Waals surface area contributed by atoms with Crippen LogP contribution in [0.5, 0.6) is 0 Å². The molecule has 2 N–H and O–H groups in total. The van der Waals surface area contributed by atoms with Crippen molar-refractivity contribution in [2.75, 3.05) is 0 Å². The first-order chi connectivity index (χ1) is 14.9. The molecule has 0 radical (unpaired) electrons. The Morgan fingerprint density at radius 2 is 1.65 bits per heavy atom. The second-order valence-corrected chi connectivity index (χ2v) is 8.59. The molecule has 31 heavy (non-hydrogen) atoms. The number of nitrogens with two attached hydrogens (primary N) is 1. The van der Waals surface area contributed by atoms with E-state index in [0.29, 0.717) is 5.69 Å². The molecule has 4 rings (SSSR count). The van der Waals surface area contributed by atoms with Crippen molar-refractivity contribution in [1.29, 1.82) is 5.26 Å². The molecule has 1 spiro atoms. The van der Waals surface area contributed by atoms with E-state index in [0.717, 1.165) is 11.8 Å². The van der Waals surface area contributed by atoms with Gasteiger partial charge in [0.25, 0.3) is 0 Å². The molecule has 0 atom stereocenters. The molecule has 8 heteroatoms. The number of fused-ring (bicyclic) bond motifs is 1. The molecule has 0 unspecified atom stereocenters. The van der Waals surface area contributed by atoms with Crippen molar-refractivity contribution in [1.82, 2.24) is 5.01 Å². The average molecular weight is 430 g/mol. The average Bonchev–Trinajstić information content (AvgIpc) is 2.97. The Labute approximate surface area is 184 Å². The van der Waals surface area contributed by atoms with Crippen LogP contribution in [0.4, 0.5) is 5.69 Å². The van der Waals surface area contributed by atoms with Crippen LogP contribution >= 0.6 is 11.8 Å². The monoisotopic (exact) mass is 429 g/mol. The predicted molar refractivity (Wildman–Crippen MR) is 121 cm³/mol. The zero-order valence-electron chi connectivity index (χ0n) is 16.9. The van der Waals surface area contributed by atoms with Gasteiger partial charge in [-0.2, -0.15) is 15.4 Å². The van der Waals surface area contributed by atoms with Crippen LogP contribution in [0, 0.1) is 17.2 Å². The number of hydrogen-bond donors (Lipinski definition) is 1. The number of aliphatic imine (C=N–C) groups is 1. The van der Waals surface area contributed by atoms with Crippen molar-refractivity contribution < 1.29 is 9.59 Å². The molecule has 1 heterocycles. The third-order valence-corrected chi connectivity index (χ3v) is 6.22. The lowest BCUT2D eigenvalue weighted by molar-refractivity contribution is 0.0889. The number of carbonyl (C=O) groups excluding carboxylic acids is 2. The van der Waals surface area contributed by atoms with E-state index in [4.69, 9.17) is 5.73 Å². The van der Waals surface area contributed by atoms with Crippen molar-refractivity contribution in [3.05, 3.63) is 77.1 Å². The fourth-order valence-corrected chi connectivity index (χ4v) is 4.75. The number of carbonyl (C=O) groups is 2. The van der Waals surface area contributed by atoms with Crippen LogP contribution in [0.2, 0.25) is 0 Å². The number of nitriles is 1. The molecule has 0 saturated heterocycles. The van der Waals surface area contributed by atoms with Gasteiger partial charge in [0.1, 0.15) is 17.5 Å². The highest BCUT2D eigenvalue weighted by Crippen LogP contribution is 2.50. The molecule has 1 aliphatic heterocycles. The third-order valence-electron chi connectivity index (χ3n) is 4.89. The maximum atomic E-state index is 13.5. The molecule has 2 aromatic rings. The van der Waals surface area contributed by atoms with Gasteiger partial charge in [-0.3, -0.25) is 9.59 Å². The molecule has 0 fully saturated rings. The number of ketones is 2. The van der Waals surface area contributed by atoms with E-state index in [2.05, 4.69) is 10.1 Å². The summed E-state index contributed by atoms with van der Waals surface area (Å²) in [6.45, 7) is 3.89. The number of nitrogens with zero attached hydrogens (tertiary/aromatic N) is 4. The van der Waals surface area contributed by atoms with Crippen molar-refractivity contribution in [2.24, 2.45) is 21.7 Å². The van der Waals surface area contributed by atoms with E-state index < -0.39 is 16.3 Å². The number of rotatable bonds is 3. The van der Waals surface area contributed by atoms with E-state index in [1.165, 1.54) is 5.01 Å². The number of benzene rings is 2. The van der Waals surface area contributed by atoms with E-state index in [1.807, 2.05) is 38.1 Å². The van der Waals surface area contributed by atoms with Crippen LogP contribution < -0.4 is 5.73 Å². The Hall–Kier alpha value is -3.70.